The molecule has 1 saturated heterocycles. The topological polar surface area (TPSA) is 50.5 Å². The first kappa shape index (κ1) is 17.0. The van der Waals surface area contributed by atoms with Gasteiger partial charge in [-0.3, -0.25) is 9.59 Å². The number of carbonyl (C=O) groups is 2. The van der Waals surface area contributed by atoms with E-state index >= 15 is 0 Å². The minimum atomic E-state index is -0.127. The molecule has 0 saturated carbocycles. The molecule has 26 heavy (non-hydrogen) atoms. The van der Waals surface area contributed by atoms with Gasteiger partial charge in [-0.15, -0.1) is 11.3 Å². The number of hydrogen-bond acceptors (Lipinski definition) is 4. The number of likely N-dealkylation sites (tertiary alicyclic amines) is 1. The lowest BCUT2D eigenvalue weighted by Crippen LogP contribution is -2.42. The minimum Gasteiger partial charge on any atom is -0.451 e. The van der Waals surface area contributed by atoms with E-state index in [4.69, 9.17) is 4.42 Å². The molecule has 0 aliphatic carbocycles. The van der Waals surface area contributed by atoms with Crippen LogP contribution in [0.3, 0.4) is 0 Å². The standard InChI is InChI=1S/C21H21NO3S/c1-13-7-8-17-16(11-13)14(2)20(25-17)21(24)22-9-3-5-15(12-22)19(23)18-6-4-10-26-18/h4,6-8,10-11,15H,3,5,9,12H2,1-2H3. The van der Waals surface area contributed by atoms with Gasteiger partial charge in [-0.05, 0) is 50.3 Å². The van der Waals surface area contributed by atoms with E-state index < -0.39 is 0 Å². The Balaban J connectivity index is 1.58. The highest BCUT2D eigenvalue weighted by atomic mass is 32.1. The molecule has 1 aromatic carbocycles. The largest absolute Gasteiger partial charge is 0.451 e. The monoisotopic (exact) mass is 367 g/mol. The molecular weight excluding hydrogens is 346 g/mol. The van der Waals surface area contributed by atoms with Crippen molar-refractivity contribution in [2.75, 3.05) is 13.1 Å². The lowest BCUT2D eigenvalue weighted by molar-refractivity contribution is 0.0613. The normalized spacial score (nSPS) is 17.6. The second kappa shape index (κ2) is 6.72. The van der Waals surface area contributed by atoms with Crippen molar-refractivity contribution in [3.63, 3.8) is 0 Å². The summed E-state index contributed by atoms with van der Waals surface area (Å²) < 4.78 is 5.86. The number of ketones is 1. The number of aryl methyl sites for hydroxylation is 2. The van der Waals surface area contributed by atoms with E-state index in [-0.39, 0.29) is 17.6 Å². The molecule has 1 aliphatic rings. The molecule has 0 radical (unpaired) electrons. The van der Waals surface area contributed by atoms with E-state index in [1.807, 2.05) is 49.6 Å². The molecule has 1 amide bonds. The Morgan fingerprint density at radius 1 is 1.23 bits per heavy atom. The van der Waals surface area contributed by atoms with Gasteiger partial charge in [-0.1, -0.05) is 17.7 Å². The van der Waals surface area contributed by atoms with Crippen molar-refractivity contribution < 1.29 is 14.0 Å². The van der Waals surface area contributed by atoms with Crippen molar-refractivity contribution >= 4 is 34.0 Å². The van der Waals surface area contributed by atoms with Gasteiger partial charge in [0.25, 0.3) is 5.91 Å². The maximum absolute atomic E-state index is 13.1. The molecule has 5 heteroatoms. The number of furan rings is 1. The molecular formula is C21H21NO3S. The zero-order valence-corrected chi connectivity index (χ0v) is 15.8. The third-order valence-corrected chi connectivity index (χ3v) is 6.01. The Hall–Kier alpha value is -2.40. The number of rotatable bonds is 3. The fourth-order valence-electron chi connectivity index (χ4n) is 3.68. The van der Waals surface area contributed by atoms with Gasteiger partial charge in [0, 0.05) is 30.0 Å². The SMILES string of the molecule is Cc1ccc2oc(C(=O)N3CCCC(C(=O)c4cccs4)C3)c(C)c2c1. The molecule has 0 N–H and O–H groups in total. The van der Waals surface area contributed by atoms with Gasteiger partial charge < -0.3 is 9.32 Å². The lowest BCUT2D eigenvalue weighted by Gasteiger charge is -2.31. The van der Waals surface area contributed by atoms with Crippen LogP contribution in [0, 0.1) is 19.8 Å². The molecule has 1 atom stereocenters. The molecule has 1 unspecified atom stereocenters. The van der Waals surface area contributed by atoms with Crippen LogP contribution in [0.15, 0.2) is 40.1 Å². The minimum absolute atomic E-state index is 0.111. The zero-order chi connectivity index (χ0) is 18.3. The Kier molecular flexibility index (Phi) is 4.41. The highest BCUT2D eigenvalue weighted by Crippen LogP contribution is 2.29. The molecule has 0 spiro atoms. The third kappa shape index (κ3) is 2.97. The van der Waals surface area contributed by atoms with Crippen molar-refractivity contribution in [2.45, 2.75) is 26.7 Å². The van der Waals surface area contributed by atoms with E-state index in [0.717, 1.165) is 39.8 Å². The Bertz CT molecular complexity index is 971. The lowest BCUT2D eigenvalue weighted by atomic mass is 9.92. The number of amides is 1. The summed E-state index contributed by atoms with van der Waals surface area (Å²) >= 11 is 1.47. The van der Waals surface area contributed by atoms with Crippen molar-refractivity contribution in [1.29, 1.82) is 0 Å². The van der Waals surface area contributed by atoms with Crippen LogP contribution >= 0.6 is 11.3 Å². The Labute approximate surface area is 156 Å². The van der Waals surface area contributed by atoms with E-state index in [2.05, 4.69) is 0 Å². The zero-order valence-electron chi connectivity index (χ0n) is 15.0. The molecule has 2 aromatic heterocycles. The molecule has 0 bridgehead atoms. The molecule has 3 heterocycles. The number of fused-ring (bicyclic) bond motifs is 1. The number of carbonyl (C=O) groups excluding carboxylic acids is 2. The summed E-state index contributed by atoms with van der Waals surface area (Å²) in [6.07, 6.45) is 1.67. The number of Topliss-reactive ketones (excluding diaryl/α,β-unsaturated/α-hetero) is 1. The van der Waals surface area contributed by atoms with E-state index in [1.165, 1.54) is 11.3 Å². The van der Waals surface area contributed by atoms with E-state index in [0.29, 0.717) is 18.8 Å². The van der Waals surface area contributed by atoms with Crippen LogP contribution in [-0.2, 0) is 0 Å². The summed E-state index contributed by atoms with van der Waals surface area (Å²) in [6.45, 7) is 5.09. The van der Waals surface area contributed by atoms with E-state index in [1.54, 1.807) is 4.90 Å². The number of thiophene rings is 1. The maximum atomic E-state index is 13.1. The van der Waals surface area contributed by atoms with Crippen molar-refractivity contribution in [3.05, 3.63) is 57.5 Å². The molecule has 134 valence electrons. The molecule has 3 aromatic rings. The molecule has 1 aliphatic heterocycles. The predicted molar refractivity (Wildman–Crippen MR) is 103 cm³/mol. The summed E-state index contributed by atoms with van der Waals surface area (Å²) in [7, 11) is 0. The summed E-state index contributed by atoms with van der Waals surface area (Å²) in [5.74, 6) is 0.308. The second-order valence-electron chi connectivity index (χ2n) is 6.99. The molecule has 1 fully saturated rings. The van der Waals surface area contributed by atoms with Gasteiger partial charge in [-0.25, -0.2) is 0 Å². The highest BCUT2D eigenvalue weighted by molar-refractivity contribution is 7.12. The van der Waals surface area contributed by atoms with Crippen LogP contribution in [-0.4, -0.2) is 29.7 Å². The van der Waals surface area contributed by atoms with Crippen LogP contribution in [0.2, 0.25) is 0 Å². The smallest absolute Gasteiger partial charge is 0.289 e. The van der Waals surface area contributed by atoms with Crippen LogP contribution in [0.4, 0.5) is 0 Å². The van der Waals surface area contributed by atoms with Gasteiger partial charge >= 0.3 is 0 Å². The quantitative estimate of drug-likeness (QED) is 0.622. The van der Waals surface area contributed by atoms with Crippen molar-refractivity contribution in [2.24, 2.45) is 5.92 Å². The van der Waals surface area contributed by atoms with Gasteiger partial charge in [0.15, 0.2) is 11.5 Å². The number of piperidine rings is 1. The highest BCUT2D eigenvalue weighted by Gasteiger charge is 2.32. The summed E-state index contributed by atoms with van der Waals surface area (Å²) in [4.78, 5) is 28.3. The van der Waals surface area contributed by atoms with Crippen LogP contribution in [0.25, 0.3) is 11.0 Å². The van der Waals surface area contributed by atoms with Gasteiger partial charge in [0.05, 0.1) is 4.88 Å². The molecule has 4 nitrogen and oxygen atoms in total. The summed E-state index contributed by atoms with van der Waals surface area (Å²) in [6, 6.07) is 9.69. The molecule has 4 rings (SSSR count). The number of nitrogens with zero attached hydrogens (tertiary/aromatic N) is 1. The fourth-order valence-corrected chi connectivity index (χ4v) is 4.42. The number of benzene rings is 1. The van der Waals surface area contributed by atoms with Gasteiger partial charge in [0.1, 0.15) is 5.58 Å². The van der Waals surface area contributed by atoms with Crippen LogP contribution in [0.5, 0.6) is 0 Å². The summed E-state index contributed by atoms with van der Waals surface area (Å²) in [5, 5.41) is 2.90. The van der Waals surface area contributed by atoms with Crippen molar-refractivity contribution in [1.82, 2.24) is 4.90 Å². The van der Waals surface area contributed by atoms with Gasteiger partial charge in [0.2, 0.25) is 0 Å². The first-order chi connectivity index (χ1) is 12.5. The maximum Gasteiger partial charge on any atom is 0.289 e. The first-order valence-electron chi connectivity index (χ1n) is 8.91. The third-order valence-electron chi connectivity index (χ3n) is 5.13. The fraction of sp³-hybridized carbons (Fsp3) is 0.333. The van der Waals surface area contributed by atoms with Crippen LogP contribution < -0.4 is 0 Å². The van der Waals surface area contributed by atoms with Gasteiger partial charge in [-0.2, -0.15) is 0 Å². The average molecular weight is 367 g/mol. The second-order valence-corrected chi connectivity index (χ2v) is 7.94. The number of hydrogen-bond donors (Lipinski definition) is 0. The predicted octanol–water partition coefficient (Wildman–Crippen LogP) is 4.85. The average Bonchev–Trinajstić information content (AvgIpc) is 3.30. The van der Waals surface area contributed by atoms with Crippen LogP contribution in [0.1, 0.15) is 44.2 Å². The van der Waals surface area contributed by atoms with Crippen molar-refractivity contribution in [3.8, 4) is 0 Å². The Morgan fingerprint density at radius 3 is 2.85 bits per heavy atom. The Morgan fingerprint density at radius 2 is 2.08 bits per heavy atom. The summed E-state index contributed by atoms with van der Waals surface area (Å²) in [5.41, 5.74) is 2.75. The van der Waals surface area contributed by atoms with E-state index in [9.17, 15) is 9.59 Å². The first-order valence-corrected chi connectivity index (χ1v) is 9.79.